The fraction of sp³-hybridized carbons (Fsp3) is 0.167. The van der Waals surface area contributed by atoms with E-state index < -0.39 is 26.6 Å². The van der Waals surface area contributed by atoms with Gasteiger partial charge in [0.05, 0.1) is 0 Å². The monoisotopic (exact) mass is 394 g/mol. The molecule has 3 rings (SSSR count). The number of aromatic nitrogens is 1. The molecule has 2 heterocycles. The van der Waals surface area contributed by atoms with Crippen molar-refractivity contribution < 1.29 is 17.2 Å². The Morgan fingerprint density at radius 2 is 1.96 bits per heavy atom. The summed E-state index contributed by atoms with van der Waals surface area (Å²) in [6.07, 6.45) is 3.66. The molecule has 0 fully saturated rings. The zero-order chi connectivity index (χ0) is 18.6. The molecule has 26 heavy (non-hydrogen) atoms. The number of hydrogen-bond acceptors (Lipinski definition) is 4. The standard InChI is InChI=1S/C18H16F2N2O2S2/c19-15-5-6-18(17(20)11-15)26(23,24)22(9-7-16-4-2-10-25-16)13-14-3-1-8-21-12-14/h1-6,8,10-12H,7,9,13H2. The van der Waals surface area contributed by atoms with Crippen molar-refractivity contribution in [1.29, 1.82) is 0 Å². The van der Waals surface area contributed by atoms with Crippen molar-refractivity contribution in [3.63, 3.8) is 0 Å². The minimum Gasteiger partial charge on any atom is -0.264 e. The summed E-state index contributed by atoms with van der Waals surface area (Å²) in [5.41, 5.74) is 0.685. The van der Waals surface area contributed by atoms with Crippen LogP contribution in [0.2, 0.25) is 0 Å². The zero-order valence-electron chi connectivity index (χ0n) is 13.7. The molecule has 0 atom stereocenters. The predicted molar refractivity (Wildman–Crippen MR) is 96.2 cm³/mol. The van der Waals surface area contributed by atoms with Gasteiger partial charge in [-0.05, 0) is 41.6 Å². The van der Waals surface area contributed by atoms with Gasteiger partial charge in [-0.3, -0.25) is 4.98 Å². The number of halogens is 2. The molecule has 0 bridgehead atoms. The van der Waals surface area contributed by atoms with E-state index >= 15 is 0 Å². The van der Waals surface area contributed by atoms with Crippen molar-refractivity contribution in [2.75, 3.05) is 6.54 Å². The first kappa shape index (κ1) is 18.6. The van der Waals surface area contributed by atoms with E-state index in [0.717, 1.165) is 17.0 Å². The first-order valence-electron chi connectivity index (χ1n) is 7.83. The van der Waals surface area contributed by atoms with Crippen LogP contribution < -0.4 is 0 Å². The molecule has 3 aromatic rings. The summed E-state index contributed by atoms with van der Waals surface area (Å²) in [6.45, 7) is 0.229. The Hall–Kier alpha value is -2.16. The van der Waals surface area contributed by atoms with Crippen LogP contribution in [0.1, 0.15) is 10.4 Å². The number of rotatable bonds is 7. The molecule has 0 aliphatic rings. The van der Waals surface area contributed by atoms with Crippen molar-refractivity contribution >= 4 is 21.4 Å². The minimum absolute atomic E-state index is 0.0539. The summed E-state index contributed by atoms with van der Waals surface area (Å²) in [6, 6.07) is 9.74. The molecule has 0 N–H and O–H groups in total. The fourth-order valence-electron chi connectivity index (χ4n) is 2.49. The molecule has 4 nitrogen and oxygen atoms in total. The van der Waals surface area contributed by atoms with E-state index in [1.54, 1.807) is 24.5 Å². The van der Waals surface area contributed by atoms with E-state index in [-0.39, 0.29) is 13.1 Å². The largest absolute Gasteiger partial charge is 0.264 e. The second-order valence-electron chi connectivity index (χ2n) is 5.60. The summed E-state index contributed by atoms with van der Waals surface area (Å²) >= 11 is 1.53. The molecule has 136 valence electrons. The third-order valence-electron chi connectivity index (χ3n) is 3.78. The molecule has 0 spiro atoms. The van der Waals surface area contributed by atoms with Gasteiger partial charge >= 0.3 is 0 Å². The third kappa shape index (κ3) is 4.32. The number of nitrogens with zero attached hydrogens (tertiary/aromatic N) is 2. The molecule has 0 saturated carbocycles. The Bertz CT molecular complexity index is 962. The zero-order valence-corrected chi connectivity index (χ0v) is 15.3. The van der Waals surface area contributed by atoms with Crippen LogP contribution in [0.25, 0.3) is 0 Å². The third-order valence-corrected chi connectivity index (χ3v) is 6.60. The average Bonchev–Trinajstić information content (AvgIpc) is 3.12. The van der Waals surface area contributed by atoms with Crippen molar-refractivity contribution in [3.05, 3.63) is 82.3 Å². The quantitative estimate of drug-likeness (QED) is 0.612. The Balaban J connectivity index is 1.92. The van der Waals surface area contributed by atoms with Crippen LogP contribution in [0.5, 0.6) is 0 Å². The molecule has 0 unspecified atom stereocenters. The molecular weight excluding hydrogens is 378 g/mol. The summed E-state index contributed by atoms with van der Waals surface area (Å²) in [5, 5.41) is 1.91. The van der Waals surface area contributed by atoms with Crippen LogP contribution in [0, 0.1) is 11.6 Å². The lowest BCUT2D eigenvalue weighted by atomic mass is 10.3. The van der Waals surface area contributed by atoms with Gasteiger partial charge < -0.3 is 0 Å². The van der Waals surface area contributed by atoms with E-state index in [9.17, 15) is 17.2 Å². The molecule has 8 heteroatoms. The molecule has 0 aliphatic heterocycles. The Morgan fingerprint density at radius 3 is 2.62 bits per heavy atom. The van der Waals surface area contributed by atoms with Gasteiger partial charge in [-0.1, -0.05) is 12.1 Å². The van der Waals surface area contributed by atoms with Gasteiger partial charge in [0.2, 0.25) is 10.0 Å². The van der Waals surface area contributed by atoms with E-state index in [0.29, 0.717) is 18.1 Å². The van der Waals surface area contributed by atoms with Crippen LogP contribution in [0.3, 0.4) is 0 Å². The van der Waals surface area contributed by atoms with Gasteiger partial charge in [-0.2, -0.15) is 4.31 Å². The average molecular weight is 394 g/mol. The summed E-state index contributed by atoms with van der Waals surface area (Å²) < 4.78 is 54.4. The number of pyridine rings is 1. The highest BCUT2D eigenvalue weighted by atomic mass is 32.2. The molecular formula is C18H16F2N2O2S2. The van der Waals surface area contributed by atoms with Gasteiger partial charge in [0.15, 0.2) is 0 Å². The molecule has 0 radical (unpaired) electrons. The smallest absolute Gasteiger partial charge is 0.246 e. The molecule has 0 saturated heterocycles. The topological polar surface area (TPSA) is 50.3 Å². The van der Waals surface area contributed by atoms with Crippen molar-refractivity contribution in [1.82, 2.24) is 9.29 Å². The number of sulfonamides is 1. The first-order chi connectivity index (χ1) is 12.5. The van der Waals surface area contributed by atoms with Gasteiger partial charge in [0.25, 0.3) is 0 Å². The molecule has 0 amide bonds. The highest BCUT2D eigenvalue weighted by molar-refractivity contribution is 7.89. The highest BCUT2D eigenvalue weighted by Gasteiger charge is 2.28. The van der Waals surface area contributed by atoms with Crippen LogP contribution in [-0.2, 0) is 23.0 Å². The highest BCUT2D eigenvalue weighted by Crippen LogP contribution is 2.23. The van der Waals surface area contributed by atoms with E-state index in [1.165, 1.54) is 15.6 Å². The van der Waals surface area contributed by atoms with Crippen LogP contribution >= 0.6 is 11.3 Å². The number of benzene rings is 1. The summed E-state index contributed by atoms with van der Waals surface area (Å²) in [7, 11) is -4.13. The van der Waals surface area contributed by atoms with E-state index in [1.807, 2.05) is 17.5 Å². The normalized spacial score (nSPS) is 11.8. The SMILES string of the molecule is O=S(=O)(c1ccc(F)cc1F)N(CCc1cccs1)Cc1cccnc1. The van der Waals surface area contributed by atoms with E-state index in [4.69, 9.17) is 0 Å². The lowest BCUT2D eigenvalue weighted by molar-refractivity contribution is 0.406. The fourth-order valence-corrected chi connectivity index (χ4v) is 4.67. The first-order valence-corrected chi connectivity index (χ1v) is 10.2. The van der Waals surface area contributed by atoms with Crippen molar-refractivity contribution in [3.8, 4) is 0 Å². The van der Waals surface area contributed by atoms with E-state index in [2.05, 4.69) is 4.98 Å². The van der Waals surface area contributed by atoms with Gasteiger partial charge in [-0.25, -0.2) is 17.2 Å². The van der Waals surface area contributed by atoms with Crippen molar-refractivity contribution in [2.45, 2.75) is 17.9 Å². The van der Waals surface area contributed by atoms with Crippen LogP contribution in [0.4, 0.5) is 8.78 Å². The summed E-state index contributed by atoms with van der Waals surface area (Å²) in [4.78, 5) is 4.48. The predicted octanol–water partition coefficient (Wildman–Crippen LogP) is 3.85. The Labute approximate surface area is 154 Å². The van der Waals surface area contributed by atoms with Crippen LogP contribution in [-0.4, -0.2) is 24.3 Å². The second kappa shape index (κ2) is 8.03. The lowest BCUT2D eigenvalue weighted by Crippen LogP contribution is -2.33. The Morgan fingerprint density at radius 1 is 1.12 bits per heavy atom. The van der Waals surface area contributed by atoms with Gasteiger partial charge in [-0.15, -0.1) is 11.3 Å². The lowest BCUT2D eigenvalue weighted by Gasteiger charge is -2.22. The molecule has 2 aromatic heterocycles. The maximum absolute atomic E-state index is 14.1. The second-order valence-corrected chi connectivity index (χ2v) is 8.54. The van der Waals surface area contributed by atoms with Gasteiger partial charge in [0.1, 0.15) is 16.5 Å². The van der Waals surface area contributed by atoms with Crippen LogP contribution in [0.15, 0.2) is 65.1 Å². The minimum atomic E-state index is -4.13. The molecule has 1 aromatic carbocycles. The molecule has 0 aliphatic carbocycles. The van der Waals surface area contributed by atoms with Crippen molar-refractivity contribution in [2.24, 2.45) is 0 Å². The number of thiophene rings is 1. The Kier molecular flexibility index (Phi) is 5.75. The number of hydrogen-bond donors (Lipinski definition) is 0. The maximum atomic E-state index is 14.1. The van der Waals surface area contributed by atoms with Gasteiger partial charge in [0, 0.05) is 36.4 Å². The maximum Gasteiger partial charge on any atom is 0.246 e. The summed E-state index contributed by atoms with van der Waals surface area (Å²) in [5.74, 6) is -1.92.